The summed E-state index contributed by atoms with van der Waals surface area (Å²) < 4.78 is 36.9. The topological polar surface area (TPSA) is 45.4 Å². The second-order valence-electron chi connectivity index (χ2n) is 4.64. The van der Waals surface area contributed by atoms with E-state index in [1.54, 1.807) is 18.3 Å². The van der Waals surface area contributed by atoms with Crippen LogP contribution >= 0.6 is 12.2 Å². The van der Waals surface area contributed by atoms with Crippen LogP contribution in [-0.4, -0.2) is 53.8 Å². The van der Waals surface area contributed by atoms with Crippen LogP contribution < -0.4 is 10.6 Å². The van der Waals surface area contributed by atoms with Crippen molar-refractivity contribution >= 4 is 22.9 Å². The number of halogens is 3. The van der Waals surface area contributed by atoms with Crippen LogP contribution in [0.1, 0.15) is 5.69 Å². The molecular weight excluding hydrogens is 289 g/mol. The van der Waals surface area contributed by atoms with Gasteiger partial charge in [-0.1, -0.05) is 12.2 Å². The van der Waals surface area contributed by atoms with E-state index in [1.165, 1.54) is 4.90 Å². The summed E-state index contributed by atoms with van der Waals surface area (Å²) in [7, 11) is 0. The SMILES string of the molecule is NC(=S)c1cc(N2CCN(CC(F)(F)F)CC2)ccn1. The van der Waals surface area contributed by atoms with Crippen LogP contribution in [-0.2, 0) is 0 Å². The van der Waals surface area contributed by atoms with Crippen molar-refractivity contribution in [3.05, 3.63) is 24.0 Å². The van der Waals surface area contributed by atoms with Crippen LogP contribution in [0.15, 0.2) is 18.3 Å². The summed E-state index contributed by atoms with van der Waals surface area (Å²) in [5.74, 6) is 0. The Bertz CT molecular complexity index is 484. The third kappa shape index (κ3) is 4.04. The third-order valence-electron chi connectivity index (χ3n) is 3.14. The van der Waals surface area contributed by atoms with Crippen LogP contribution in [0.2, 0.25) is 0 Å². The number of alkyl halides is 3. The average Bonchev–Trinajstić information content (AvgIpc) is 2.38. The summed E-state index contributed by atoms with van der Waals surface area (Å²) in [4.78, 5) is 7.67. The molecule has 1 aliphatic heterocycles. The molecule has 20 heavy (non-hydrogen) atoms. The van der Waals surface area contributed by atoms with E-state index in [0.717, 1.165) is 5.69 Å². The lowest BCUT2D eigenvalue weighted by atomic mass is 10.2. The molecule has 1 fully saturated rings. The minimum Gasteiger partial charge on any atom is -0.388 e. The highest BCUT2D eigenvalue weighted by Crippen LogP contribution is 2.20. The van der Waals surface area contributed by atoms with Gasteiger partial charge in [-0.3, -0.25) is 9.88 Å². The van der Waals surface area contributed by atoms with Gasteiger partial charge in [0.1, 0.15) is 4.99 Å². The van der Waals surface area contributed by atoms with E-state index in [0.29, 0.717) is 31.9 Å². The molecule has 1 aromatic rings. The van der Waals surface area contributed by atoms with Gasteiger partial charge in [-0.15, -0.1) is 0 Å². The van der Waals surface area contributed by atoms with E-state index in [-0.39, 0.29) is 4.99 Å². The van der Waals surface area contributed by atoms with Crippen LogP contribution in [0.5, 0.6) is 0 Å². The second kappa shape index (κ2) is 5.92. The van der Waals surface area contributed by atoms with Gasteiger partial charge in [0.15, 0.2) is 0 Å². The maximum atomic E-state index is 12.3. The first-order valence-electron chi connectivity index (χ1n) is 6.15. The van der Waals surface area contributed by atoms with Crippen molar-refractivity contribution in [1.82, 2.24) is 9.88 Å². The number of thiocarbonyl (C=S) groups is 1. The average molecular weight is 304 g/mol. The zero-order valence-electron chi connectivity index (χ0n) is 10.7. The molecule has 2 N–H and O–H groups in total. The smallest absolute Gasteiger partial charge is 0.388 e. The first-order valence-corrected chi connectivity index (χ1v) is 6.56. The van der Waals surface area contributed by atoms with Gasteiger partial charge >= 0.3 is 6.18 Å². The fourth-order valence-corrected chi connectivity index (χ4v) is 2.28. The van der Waals surface area contributed by atoms with E-state index in [9.17, 15) is 13.2 Å². The Morgan fingerprint density at radius 2 is 1.95 bits per heavy atom. The van der Waals surface area contributed by atoms with Crippen molar-refractivity contribution < 1.29 is 13.2 Å². The monoisotopic (exact) mass is 304 g/mol. The van der Waals surface area contributed by atoms with Gasteiger partial charge in [0.25, 0.3) is 0 Å². The largest absolute Gasteiger partial charge is 0.401 e. The molecule has 0 radical (unpaired) electrons. The summed E-state index contributed by atoms with van der Waals surface area (Å²) >= 11 is 4.87. The molecule has 0 aliphatic carbocycles. The van der Waals surface area contributed by atoms with E-state index in [2.05, 4.69) is 4.98 Å². The van der Waals surface area contributed by atoms with Gasteiger partial charge in [-0.05, 0) is 12.1 Å². The Morgan fingerprint density at radius 3 is 2.50 bits per heavy atom. The van der Waals surface area contributed by atoms with Crippen molar-refractivity contribution in [2.45, 2.75) is 6.18 Å². The van der Waals surface area contributed by atoms with Crippen molar-refractivity contribution in [1.29, 1.82) is 0 Å². The first-order chi connectivity index (χ1) is 9.35. The van der Waals surface area contributed by atoms with E-state index in [1.807, 2.05) is 4.90 Å². The molecule has 0 aromatic carbocycles. The summed E-state index contributed by atoms with van der Waals surface area (Å²) in [5.41, 5.74) is 6.93. The van der Waals surface area contributed by atoms with Crippen LogP contribution in [0.4, 0.5) is 18.9 Å². The maximum absolute atomic E-state index is 12.3. The summed E-state index contributed by atoms with van der Waals surface area (Å²) in [5, 5.41) is 0. The molecule has 0 unspecified atom stereocenters. The predicted molar refractivity (Wildman–Crippen MR) is 74.8 cm³/mol. The van der Waals surface area contributed by atoms with Crippen LogP contribution in [0, 0.1) is 0 Å². The normalized spacial score (nSPS) is 17.2. The molecule has 2 heterocycles. The zero-order chi connectivity index (χ0) is 14.8. The molecule has 110 valence electrons. The van der Waals surface area contributed by atoms with Crippen LogP contribution in [0.3, 0.4) is 0 Å². The lowest BCUT2D eigenvalue weighted by molar-refractivity contribution is -0.146. The quantitative estimate of drug-likeness (QED) is 0.855. The van der Waals surface area contributed by atoms with Crippen molar-refractivity contribution in [3.63, 3.8) is 0 Å². The lowest BCUT2D eigenvalue weighted by Crippen LogP contribution is -2.49. The fourth-order valence-electron chi connectivity index (χ4n) is 2.17. The number of nitrogens with two attached hydrogens (primary N) is 1. The number of rotatable bonds is 3. The number of piperazine rings is 1. The lowest BCUT2D eigenvalue weighted by Gasteiger charge is -2.36. The van der Waals surface area contributed by atoms with Crippen molar-refractivity contribution in [3.8, 4) is 0 Å². The Morgan fingerprint density at radius 1 is 1.30 bits per heavy atom. The highest BCUT2D eigenvalue weighted by molar-refractivity contribution is 7.80. The number of nitrogens with zero attached hydrogens (tertiary/aromatic N) is 3. The van der Waals surface area contributed by atoms with Crippen molar-refractivity contribution in [2.75, 3.05) is 37.6 Å². The summed E-state index contributed by atoms with van der Waals surface area (Å²) in [6, 6.07) is 3.57. The molecule has 0 amide bonds. The van der Waals surface area contributed by atoms with Gasteiger partial charge in [0.2, 0.25) is 0 Å². The number of aromatic nitrogens is 1. The van der Waals surface area contributed by atoms with Gasteiger partial charge in [-0.25, -0.2) is 0 Å². The molecule has 2 rings (SSSR count). The highest BCUT2D eigenvalue weighted by atomic mass is 32.1. The van der Waals surface area contributed by atoms with E-state index >= 15 is 0 Å². The summed E-state index contributed by atoms with van der Waals surface area (Å²) in [6.07, 6.45) is -2.54. The van der Waals surface area contributed by atoms with Gasteiger partial charge < -0.3 is 10.6 Å². The molecule has 4 nitrogen and oxygen atoms in total. The molecule has 1 aliphatic rings. The first kappa shape index (κ1) is 15.0. The minimum absolute atomic E-state index is 0.211. The van der Waals surface area contributed by atoms with Gasteiger partial charge in [0.05, 0.1) is 12.2 Å². The number of hydrogen-bond donors (Lipinski definition) is 1. The molecule has 0 bridgehead atoms. The van der Waals surface area contributed by atoms with E-state index < -0.39 is 12.7 Å². The highest BCUT2D eigenvalue weighted by Gasteiger charge is 2.32. The molecule has 0 spiro atoms. The van der Waals surface area contributed by atoms with Gasteiger partial charge in [0, 0.05) is 38.1 Å². The second-order valence-corrected chi connectivity index (χ2v) is 5.08. The molecular formula is C12H15F3N4S. The Hall–Kier alpha value is -1.41. The third-order valence-corrected chi connectivity index (χ3v) is 3.35. The van der Waals surface area contributed by atoms with Gasteiger partial charge in [-0.2, -0.15) is 13.2 Å². The molecule has 8 heteroatoms. The minimum atomic E-state index is -4.14. The van der Waals surface area contributed by atoms with E-state index in [4.69, 9.17) is 18.0 Å². The Balaban J connectivity index is 1.97. The Labute approximate surface area is 120 Å². The summed E-state index contributed by atoms with van der Waals surface area (Å²) in [6.45, 7) is 0.984. The maximum Gasteiger partial charge on any atom is 0.401 e. The standard InChI is InChI=1S/C12H15F3N4S/c13-12(14,15)8-18-3-5-19(6-4-18)9-1-2-17-10(7-9)11(16)20/h1-2,7H,3-6,8H2,(H2,16,20). The van der Waals surface area contributed by atoms with Crippen LogP contribution in [0.25, 0.3) is 0 Å². The molecule has 0 atom stereocenters. The number of hydrogen-bond acceptors (Lipinski definition) is 4. The predicted octanol–water partition coefficient (Wildman–Crippen LogP) is 1.40. The Kier molecular flexibility index (Phi) is 4.44. The number of pyridine rings is 1. The number of anilines is 1. The zero-order valence-corrected chi connectivity index (χ0v) is 11.5. The molecule has 1 aromatic heterocycles. The fraction of sp³-hybridized carbons (Fsp3) is 0.500. The van der Waals surface area contributed by atoms with Crippen molar-refractivity contribution in [2.24, 2.45) is 5.73 Å². The molecule has 1 saturated heterocycles. The molecule has 0 saturated carbocycles.